The summed E-state index contributed by atoms with van der Waals surface area (Å²) in [5.41, 5.74) is 14.1. The first kappa shape index (κ1) is 23.8. The predicted octanol–water partition coefficient (Wildman–Crippen LogP) is 3.17. The average molecular weight is 482 g/mol. The number of nitrogens with two attached hydrogens (primary N) is 2. The first-order valence-electron chi connectivity index (χ1n) is 10.8. The van der Waals surface area contributed by atoms with Crippen molar-refractivity contribution in [2.45, 2.75) is 32.7 Å². The largest absolute Gasteiger partial charge is 0.465 e. The molecule has 0 spiro atoms. The summed E-state index contributed by atoms with van der Waals surface area (Å²) < 4.78 is 29.6. The molecule has 1 amide bonds. The molecule has 0 saturated carbocycles. The van der Waals surface area contributed by atoms with Gasteiger partial charge in [-0.25, -0.2) is 18.6 Å². The highest BCUT2D eigenvalue weighted by Gasteiger charge is 2.21. The predicted molar refractivity (Wildman–Crippen MR) is 126 cm³/mol. The third-order valence-corrected chi connectivity index (χ3v) is 5.59. The van der Waals surface area contributed by atoms with Gasteiger partial charge >= 0.3 is 6.09 Å². The number of benzene rings is 1. The maximum absolute atomic E-state index is 14.2. The number of fused-ring (bicyclic) bond motifs is 1. The Bertz CT molecular complexity index is 1380. The van der Waals surface area contributed by atoms with Crippen LogP contribution in [-0.2, 0) is 12.8 Å². The Hall–Kier alpha value is -4.35. The van der Waals surface area contributed by atoms with E-state index in [9.17, 15) is 18.7 Å². The van der Waals surface area contributed by atoms with E-state index in [2.05, 4.69) is 20.1 Å². The molecule has 5 N–H and O–H groups in total. The van der Waals surface area contributed by atoms with Crippen LogP contribution in [0.15, 0.2) is 36.5 Å². The lowest BCUT2D eigenvalue weighted by Gasteiger charge is -2.23. The van der Waals surface area contributed by atoms with Gasteiger partial charge in [-0.2, -0.15) is 19.7 Å². The minimum atomic E-state index is -1.06. The minimum absolute atomic E-state index is 0.0140. The van der Waals surface area contributed by atoms with Crippen molar-refractivity contribution >= 4 is 28.8 Å². The van der Waals surface area contributed by atoms with E-state index in [0.717, 1.165) is 6.20 Å². The lowest BCUT2D eigenvalue weighted by atomic mass is 10.1. The molecule has 10 nitrogen and oxygen atoms in total. The van der Waals surface area contributed by atoms with E-state index >= 15 is 0 Å². The number of carbonyl (C=O) groups is 1. The summed E-state index contributed by atoms with van der Waals surface area (Å²) in [6, 6.07) is 7.25. The third-order valence-electron chi connectivity index (χ3n) is 5.59. The zero-order valence-corrected chi connectivity index (χ0v) is 19.1. The summed E-state index contributed by atoms with van der Waals surface area (Å²) in [5.74, 6) is -0.922. The van der Waals surface area contributed by atoms with Gasteiger partial charge in [-0.05, 0) is 31.9 Å². The van der Waals surface area contributed by atoms with Crippen molar-refractivity contribution in [3.63, 3.8) is 0 Å². The number of halogens is 2. The molecule has 4 aromatic rings. The highest BCUT2D eigenvalue weighted by atomic mass is 19.1. The summed E-state index contributed by atoms with van der Waals surface area (Å²) in [4.78, 5) is 25.4. The Morgan fingerprint density at radius 1 is 1.17 bits per heavy atom. The number of hydrogen-bond donors (Lipinski definition) is 3. The van der Waals surface area contributed by atoms with Crippen LogP contribution in [0.4, 0.5) is 25.2 Å². The van der Waals surface area contributed by atoms with E-state index in [1.165, 1.54) is 21.7 Å². The van der Waals surface area contributed by atoms with E-state index in [1.54, 1.807) is 32.0 Å². The van der Waals surface area contributed by atoms with E-state index in [0.29, 0.717) is 22.3 Å². The van der Waals surface area contributed by atoms with Crippen LogP contribution in [0.2, 0.25) is 0 Å². The number of carboxylic acid groups (broad SMARTS) is 1. The van der Waals surface area contributed by atoms with Gasteiger partial charge in [0.1, 0.15) is 28.8 Å². The first-order valence-corrected chi connectivity index (χ1v) is 10.8. The van der Waals surface area contributed by atoms with Crippen LogP contribution >= 0.6 is 0 Å². The van der Waals surface area contributed by atoms with Gasteiger partial charge in [-0.1, -0.05) is 18.2 Å². The Morgan fingerprint density at radius 3 is 2.49 bits per heavy atom. The van der Waals surface area contributed by atoms with Crippen molar-refractivity contribution < 1.29 is 18.7 Å². The first-order chi connectivity index (χ1) is 16.7. The van der Waals surface area contributed by atoms with Gasteiger partial charge in [0.25, 0.3) is 5.95 Å². The van der Waals surface area contributed by atoms with Crippen LogP contribution in [0, 0.1) is 11.6 Å². The molecule has 0 aliphatic carbocycles. The van der Waals surface area contributed by atoms with Crippen molar-refractivity contribution in [2.24, 2.45) is 0 Å². The van der Waals surface area contributed by atoms with Gasteiger partial charge in [0.15, 0.2) is 0 Å². The molecule has 3 aromatic heterocycles. The monoisotopic (exact) mass is 482 g/mol. The maximum Gasteiger partial charge on any atom is 0.407 e. The molecule has 35 heavy (non-hydrogen) atoms. The Balaban J connectivity index is 1.73. The lowest BCUT2D eigenvalue weighted by molar-refractivity contribution is 0.132. The number of nitrogen functional groups attached to an aromatic ring is 2. The van der Waals surface area contributed by atoms with Gasteiger partial charge in [-0.15, -0.1) is 0 Å². The maximum atomic E-state index is 14.2. The van der Waals surface area contributed by atoms with Crippen LogP contribution in [0.5, 0.6) is 0 Å². The number of nitrogens with zero attached hydrogens (tertiary/aromatic N) is 6. The van der Waals surface area contributed by atoms with Gasteiger partial charge < -0.3 is 21.5 Å². The van der Waals surface area contributed by atoms with E-state index in [-0.39, 0.29) is 48.5 Å². The molecule has 12 heteroatoms. The molecular formula is C23H24F2N8O2. The fourth-order valence-electron chi connectivity index (χ4n) is 3.79. The molecule has 0 fully saturated rings. The lowest BCUT2D eigenvalue weighted by Crippen LogP contribution is -2.37. The number of anilines is 2. The normalized spacial score (nSPS) is 11.3. The second kappa shape index (κ2) is 9.49. The van der Waals surface area contributed by atoms with E-state index in [4.69, 9.17) is 11.5 Å². The molecule has 0 aliphatic heterocycles. The average Bonchev–Trinajstić information content (AvgIpc) is 3.14. The molecule has 4 rings (SSSR count). The number of rotatable bonds is 7. The van der Waals surface area contributed by atoms with Crippen LogP contribution < -0.4 is 11.5 Å². The molecule has 0 radical (unpaired) electrons. The Morgan fingerprint density at radius 2 is 1.86 bits per heavy atom. The molecule has 0 saturated heterocycles. The highest BCUT2D eigenvalue weighted by molar-refractivity contribution is 5.79. The molecule has 0 aliphatic rings. The van der Waals surface area contributed by atoms with Gasteiger partial charge in [0, 0.05) is 30.6 Å². The minimum Gasteiger partial charge on any atom is -0.465 e. The molecular weight excluding hydrogens is 458 g/mol. The van der Waals surface area contributed by atoms with Crippen LogP contribution in [0.25, 0.3) is 17.0 Å². The topological polar surface area (TPSA) is 149 Å². The zero-order chi connectivity index (χ0) is 25.3. The molecule has 3 heterocycles. The Labute approximate surface area is 199 Å². The van der Waals surface area contributed by atoms with Crippen molar-refractivity contribution in [3.05, 3.63) is 65.0 Å². The number of aromatic nitrogens is 5. The number of amides is 1. The summed E-state index contributed by atoms with van der Waals surface area (Å²) in [5, 5.41) is 13.8. The summed E-state index contributed by atoms with van der Waals surface area (Å²) in [6.45, 7) is 3.67. The summed E-state index contributed by atoms with van der Waals surface area (Å²) in [6.07, 6.45) is 0.304. The fraction of sp³-hybridized carbons (Fsp3) is 0.261. The molecule has 0 atom stereocenters. The number of hydrogen-bond acceptors (Lipinski definition) is 7. The second-order valence-corrected chi connectivity index (χ2v) is 8.24. The Kier molecular flexibility index (Phi) is 6.45. The fourth-order valence-corrected chi connectivity index (χ4v) is 3.79. The van der Waals surface area contributed by atoms with Gasteiger partial charge in [0.05, 0.1) is 17.4 Å². The second-order valence-electron chi connectivity index (χ2n) is 8.24. The third kappa shape index (κ3) is 4.81. The van der Waals surface area contributed by atoms with Crippen molar-refractivity contribution in [1.82, 2.24) is 29.6 Å². The molecule has 182 valence electrons. The van der Waals surface area contributed by atoms with Crippen molar-refractivity contribution in [3.8, 4) is 5.95 Å². The standard InChI is InChI=1S/C23H24F2N8O2/c1-12(2)32(23(34)35)8-7-15-20(26)29-22(30-21(15)27)33-18-10-14(24)11-28-19(18)17(31-33)9-13-5-3-4-6-16(13)25/h3-6,10-12H,7-9H2,1-2H3,(H,34,35)(H4,26,27,29,30). The smallest absolute Gasteiger partial charge is 0.407 e. The quantitative estimate of drug-likeness (QED) is 0.364. The van der Waals surface area contributed by atoms with E-state index in [1.807, 2.05) is 0 Å². The van der Waals surface area contributed by atoms with Gasteiger partial charge in [-0.3, -0.25) is 0 Å². The number of pyridine rings is 1. The summed E-state index contributed by atoms with van der Waals surface area (Å²) in [7, 11) is 0. The highest BCUT2D eigenvalue weighted by Crippen LogP contribution is 2.25. The van der Waals surface area contributed by atoms with Crippen LogP contribution in [-0.4, -0.2) is 53.4 Å². The SMILES string of the molecule is CC(C)N(CCc1c(N)nc(-n2nc(Cc3ccccc3F)c3ncc(F)cc32)nc1N)C(=O)O. The van der Waals surface area contributed by atoms with Crippen molar-refractivity contribution in [2.75, 3.05) is 18.0 Å². The zero-order valence-electron chi connectivity index (χ0n) is 19.1. The van der Waals surface area contributed by atoms with Gasteiger partial charge in [0.2, 0.25) is 0 Å². The van der Waals surface area contributed by atoms with Crippen molar-refractivity contribution in [1.29, 1.82) is 0 Å². The summed E-state index contributed by atoms with van der Waals surface area (Å²) >= 11 is 0. The van der Waals surface area contributed by atoms with Crippen LogP contribution in [0.1, 0.15) is 30.7 Å². The van der Waals surface area contributed by atoms with Crippen LogP contribution in [0.3, 0.4) is 0 Å². The van der Waals surface area contributed by atoms with E-state index < -0.39 is 17.7 Å². The molecule has 0 unspecified atom stereocenters. The molecule has 0 bridgehead atoms. The molecule has 1 aromatic carbocycles.